The smallest absolute Gasteiger partial charge is 0.159 e. The lowest BCUT2D eigenvalue weighted by Gasteiger charge is -2.22. The average Bonchev–Trinajstić information content (AvgIpc) is 2.26. The number of aromatic nitrogens is 2. The summed E-state index contributed by atoms with van der Waals surface area (Å²) in [7, 11) is 1.67. The van der Waals surface area contributed by atoms with Gasteiger partial charge in [0.15, 0.2) is 5.82 Å². The highest BCUT2D eigenvalue weighted by molar-refractivity contribution is 5.08. The van der Waals surface area contributed by atoms with Gasteiger partial charge in [-0.15, -0.1) is 0 Å². The van der Waals surface area contributed by atoms with E-state index in [-0.39, 0.29) is 5.54 Å². The number of hydrogen-bond acceptors (Lipinski definition) is 4. The van der Waals surface area contributed by atoms with Crippen LogP contribution in [-0.4, -0.2) is 22.6 Å². The molecule has 0 aromatic carbocycles. The average molecular weight is 237 g/mol. The molecule has 0 aliphatic heterocycles. The van der Waals surface area contributed by atoms with E-state index in [1.54, 1.807) is 7.11 Å². The minimum absolute atomic E-state index is 0.102. The maximum Gasteiger partial charge on any atom is 0.159 e. The van der Waals surface area contributed by atoms with Crippen LogP contribution in [0.15, 0.2) is 12.4 Å². The summed E-state index contributed by atoms with van der Waals surface area (Å²) in [5, 5.41) is 3.40. The molecule has 4 nitrogen and oxygen atoms in total. The van der Waals surface area contributed by atoms with Gasteiger partial charge in [0.05, 0.1) is 0 Å². The van der Waals surface area contributed by atoms with Gasteiger partial charge in [0.25, 0.3) is 0 Å². The highest BCUT2D eigenvalue weighted by atomic mass is 16.5. The monoisotopic (exact) mass is 237 g/mol. The Hall–Kier alpha value is -1.00. The van der Waals surface area contributed by atoms with Gasteiger partial charge in [-0.1, -0.05) is 0 Å². The van der Waals surface area contributed by atoms with E-state index >= 15 is 0 Å². The van der Waals surface area contributed by atoms with E-state index in [1.807, 2.05) is 26.2 Å². The Morgan fingerprint density at radius 2 is 1.65 bits per heavy atom. The minimum Gasteiger partial charge on any atom is -0.371 e. The molecule has 0 amide bonds. The van der Waals surface area contributed by atoms with Crippen LogP contribution in [0.1, 0.15) is 46.0 Å². The molecule has 0 aliphatic carbocycles. The summed E-state index contributed by atoms with van der Waals surface area (Å²) >= 11 is 0. The number of ether oxygens (including phenoxy) is 1. The van der Waals surface area contributed by atoms with Crippen LogP contribution in [0, 0.1) is 0 Å². The molecular formula is C13H23N3O. The highest BCUT2D eigenvalue weighted by Gasteiger charge is 2.22. The fourth-order valence-corrected chi connectivity index (χ4v) is 1.22. The number of nitrogens with one attached hydrogen (secondary N) is 1. The third-order valence-corrected chi connectivity index (χ3v) is 2.58. The van der Waals surface area contributed by atoms with Gasteiger partial charge < -0.3 is 10.1 Å². The molecule has 0 fully saturated rings. The van der Waals surface area contributed by atoms with Crippen LogP contribution in [0.4, 0.5) is 0 Å². The summed E-state index contributed by atoms with van der Waals surface area (Å²) < 4.78 is 5.34. The Bertz CT molecular complexity index is 352. The van der Waals surface area contributed by atoms with E-state index in [2.05, 4.69) is 36.1 Å². The zero-order chi connectivity index (χ0) is 13.1. The zero-order valence-corrected chi connectivity index (χ0v) is 11.7. The van der Waals surface area contributed by atoms with Crippen molar-refractivity contribution in [3.8, 4) is 0 Å². The van der Waals surface area contributed by atoms with Gasteiger partial charge >= 0.3 is 0 Å². The van der Waals surface area contributed by atoms with E-state index in [9.17, 15) is 0 Å². The van der Waals surface area contributed by atoms with Crippen molar-refractivity contribution < 1.29 is 4.74 Å². The Morgan fingerprint density at radius 3 is 2.06 bits per heavy atom. The Kier molecular flexibility index (Phi) is 4.22. The summed E-state index contributed by atoms with van der Waals surface area (Å²) in [6, 6.07) is 0. The molecule has 0 aliphatic rings. The van der Waals surface area contributed by atoms with Gasteiger partial charge in [-0.25, -0.2) is 9.97 Å². The Balaban J connectivity index is 2.69. The van der Waals surface area contributed by atoms with Crippen molar-refractivity contribution in [1.29, 1.82) is 0 Å². The topological polar surface area (TPSA) is 47.0 Å². The number of hydrogen-bond donors (Lipinski definition) is 1. The molecule has 1 aromatic heterocycles. The van der Waals surface area contributed by atoms with Crippen LogP contribution in [0.5, 0.6) is 0 Å². The SMILES string of the molecule is COC(C)(C)c1ncc(CNC(C)(C)C)cn1. The first kappa shape index (κ1) is 14.1. The molecule has 0 spiro atoms. The molecular weight excluding hydrogens is 214 g/mol. The Labute approximate surface area is 104 Å². The molecule has 1 N–H and O–H groups in total. The lowest BCUT2D eigenvalue weighted by atomic mass is 10.1. The first-order chi connectivity index (χ1) is 7.74. The maximum atomic E-state index is 5.34. The van der Waals surface area contributed by atoms with Gasteiger partial charge in [-0.2, -0.15) is 0 Å². The molecule has 0 radical (unpaired) electrons. The lowest BCUT2D eigenvalue weighted by Crippen LogP contribution is -2.35. The summed E-state index contributed by atoms with van der Waals surface area (Å²) in [6.07, 6.45) is 3.70. The van der Waals surface area contributed by atoms with Crippen molar-refractivity contribution in [3.63, 3.8) is 0 Å². The fraction of sp³-hybridized carbons (Fsp3) is 0.692. The number of rotatable bonds is 4. The normalized spacial score (nSPS) is 12.8. The van der Waals surface area contributed by atoms with Crippen LogP contribution in [0.3, 0.4) is 0 Å². The van der Waals surface area contributed by atoms with Crippen LogP contribution in [0.2, 0.25) is 0 Å². The van der Waals surface area contributed by atoms with Crippen molar-refractivity contribution in [2.75, 3.05) is 7.11 Å². The predicted octanol–water partition coefficient (Wildman–Crippen LogP) is 2.25. The summed E-state index contributed by atoms with van der Waals surface area (Å²) in [5.41, 5.74) is 0.746. The van der Waals surface area contributed by atoms with E-state index in [1.165, 1.54) is 0 Å². The molecule has 0 saturated carbocycles. The first-order valence-electron chi connectivity index (χ1n) is 5.86. The predicted molar refractivity (Wildman–Crippen MR) is 68.7 cm³/mol. The fourth-order valence-electron chi connectivity index (χ4n) is 1.22. The van der Waals surface area contributed by atoms with Crippen molar-refractivity contribution in [2.45, 2.75) is 52.3 Å². The summed E-state index contributed by atoms with van der Waals surface area (Å²) in [5.74, 6) is 0.708. The number of methoxy groups -OCH3 is 1. The number of nitrogens with zero attached hydrogens (tertiary/aromatic N) is 2. The summed E-state index contributed by atoms with van der Waals surface area (Å²) in [4.78, 5) is 8.69. The van der Waals surface area contributed by atoms with Gasteiger partial charge in [0.2, 0.25) is 0 Å². The van der Waals surface area contributed by atoms with Gasteiger partial charge in [0, 0.05) is 37.2 Å². The Morgan fingerprint density at radius 1 is 1.12 bits per heavy atom. The van der Waals surface area contributed by atoms with E-state index in [0.717, 1.165) is 12.1 Å². The molecule has 0 atom stereocenters. The molecule has 17 heavy (non-hydrogen) atoms. The van der Waals surface area contributed by atoms with Gasteiger partial charge in [0.1, 0.15) is 5.60 Å². The second-order valence-corrected chi connectivity index (χ2v) is 5.73. The van der Waals surface area contributed by atoms with E-state index in [4.69, 9.17) is 4.74 Å². The maximum absolute atomic E-state index is 5.34. The van der Waals surface area contributed by atoms with Crippen molar-refractivity contribution in [1.82, 2.24) is 15.3 Å². The second kappa shape index (κ2) is 5.10. The van der Waals surface area contributed by atoms with Crippen molar-refractivity contribution in [2.24, 2.45) is 0 Å². The van der Waals surface area contributed by atoms with Gasteiger partial charge in [-0.3, -0.25) is 0 Å². The molecule has 0 unspecified atom stereocenters. The van der Waals surface area contributed by atoms with Crippen LogP contribution in [-0.2, 0) is 16.9 Å². The second-order valence-electron chi connectivity index (χ2n) is 5.73. The third kappa shape index (κ3) is 4.40. The van der Waals surface area contributed by atoms with Crippen LogP contribution in [0.25, 0.3) is 0 Å². The third-order valence-electron chi connectivity index (χ3n) is 2.58. The van der Waals surface area contributed by atoms with Crippen molar-refractivity contribution in [3.05, 3.63) is 23.8 Å². The van der Waals surface area contributed by atoms with Crippen LogP contribution < -0.4 is 5.32 Å². The van der Waals surface area contributed by atoms with Gasteiger partial charge in [-0.05, 0) is 34.6 Å². The largest absolute Gasteiger partial charge is 0.371 e. The quantitative estimate of drug-likeness (QED) is 0.872. The molecule has 96 valence electrons. The van der Waals surface area contributed by atoms with E-state index < -0.39 is 5.60 Å². The van der Waals surface area contributed by atoms with Crippen LogP contribution >= 0.6 is 0 Å². The molecule has 0 saturated heterocycles. The molecule has 4 heteroatoms. The molecule has 0 bridgehead atoms. The molecule has 1 aromatic rings. The van der Waals surface area contributed by atoms with E-state index in [0.29, 0.717) is 5.82 Å². The zero-order valence-electron chi connectivity index (χ0n) is 11.7. The highest BCUT2D eigenvalue weighted by Crippen LogP contribution is 2.19. The standard InChI is InChI=1S/C13H23N3O/c1-12(2,3)16-9-10-7-14-11(15-8-10)13(4,5)17-6/h7-8,16H,9H2,1-6H3. The summed E-state index contributed by atoms with van der Waals surface area (Å²) in [6.45, 7) is 11.1. The first-order valence-corrected chi connectivity index (χ1v) is 5.86. The molecule has 1 rings (SSSR count). The molecule has 1 heterocycles. The lowest BCUT2D eigenvalue weighted by molar-refractivity contribution is 0.0114. The van der Waals surface area contributed by atoms with Crippen molar-refractivity contribution >= 4 is 0 Å². The minimum atomic E-state index is -0.435.